The van der Waals surface area contributed by atoms with Crippen LogP contribution in [0.1, 0.15) is 64.9 Å². The molecule has 1 aliphatic carbocycles. The molecule has 0 saturated carbocycles. The van der Waals surface area contributed by atoms with Crippen molar-refractivity contribution in [1.29, 1.82) is 0 Å². The quantitative estimate of drug-likeness (QED) is 0.852. The van der Waals surface area contributed by atoms with Crippen LogP contribution in [0.2, 0.25) is 0 Å². The molecule has 1 amide bonds. The summed E-state index contributed by atoms with van der Waals surface area (Å²) in [5.74, 6) is 0.869. The number of rotatable bonds is 2. The molecule has 0 radical (unpaired) electrons. The predicted octanol–water partition coefficient (Wildman–Crippen LogP) is 2.63. The third-order valence-electron chi connectivity index (χ3n) is 4.78. The van der Waals surface area contributed by atoms with Crippen LogP contribution >= 0.6 is 0 Å². The molecule has 0 unspecified atom stereocenters. The lowest BCUT2D eigenvalue weighted by molar-refractivity contribution is 0.0721. The Labute approximate surface area is 134 Å². The Balaban J connectivity index is 1.64. The van der Waals surface area contributed by atoms with E-state index < -0.39 is 0 Å². The van der Waals surface area contributed by atoms with Gasteiger partial charge in [-0.25, -0.2) is 0 Å². The summed E-state index contributed by atoms with van der Waals surface area (Å²) in [6.45, 7) is 2.66. The first-order chi connectivity index (χ1) is 11.2. The molecule has 3 heterocycles. The zero-order valence-electron chi connectivity index (χ0n) is 13.3. The molecule has 1 saturated heterocycles. The second-order valence-corrected chi connectivity index (χ2v) is 6.38. The molecule has 2 aromatic rings. The number of likely N-dealkylation sites (tertiary alicyclic amines) is 1. The number of carbonyl (C=O) groups excluding carboxylic acids is 1. The minimum Gasteiger partial charge on any atom is -0.360 e. The van der Waals surface area contributed by atoms with Crippen molar-refractivity contribution in [1.82, 2.24) is 20.0 Å². The number of fused-ring (bicyclic) bond motifs is 1. The van der Waals surface area contributed by atoms with Crippen molar-refractivity contribution in [3.63, 3.8) is 0 Å². The van der Waals surface area contributed by atoms with Crippen molar-refractivity contribution in [2.24, 2.45) is 0 Å². The van der Waals surface area contributed by atoms with Crippen LogP contribution in [0.3, 0.4) is 0 Å². The summed E-state index contributed by atoms with van der Waals surface area (Å²) in [5.41, 5.74) is 3.27. The Hall–Kier alpha value is -2.24. The Morgan fingerprint density at radius 2 is 2.13 bits per heavy atom. The van der Waals surface area contributed by atoms with Crippen LogP contribution in [0.4, 0.5) is 0 Å². The zero-order chi connectivity index (χ0) is 15.8. The van der Waals surface area contributed by atoms with Crippen molar-refractivity contribution < 1.29 is 9.32 Å². The van der Waals surface area contributed by atoms with E-state index in [1.807, 2.05) is 11.8 Å². The van der Waals surface area contributed by atoms with E-state index in [-0.39, 0.29) is 11.9 Å². The van der Waals surface area contributed by atoms with Crippen LogP contribution in [-0.4, -0.2) is 32.5 Å². The number of amides is 1. The number of hydrogen-bond donors (Lipinski definition) is 0. The third-order valence-corrected chi connectivity index (χ3v) is 4.78. The molecular formula is C17H20N4O2. The summed E-state index contributed by atoms with van der Waals surface area (Å²) in [7, 11) is 0. The second-order valence-electron chi connectivity index (χ2n) is 6.38. The highest BCUT2D eigenvalue weighted by Gasteiger charge is 2.35. The van der Waals surface area contributed by atoms with Crippen LogP contribution in [0.25, 0.3) is 0 Å². The van der Waals surface area contributed by atoms with Crippen molar-refractivity contribution in [2.45, 2.75) is 51.5 Å². The van der Waals surface area contributed by atoms with E-state index >= 15 is 0 Å². The summed E-state index contributed by atoms with van der Waals surface area (Å²) < 4.78 is 5.40. The minimum atomic E-state index is -0.0253. The maximum absolute atomic E-state index is 13.0. The van der Waals surface area contributed by atoms with E-state index in [2.05, 4.69) is 15.1 Å². The molecule has 1 atom stereocenters. The van der Waals surface area contributed by atoms with Gasteiger partial charge in [0.25, 0.3) is 5.91 Å². The van der Waals surface area contributed by atoms with Gasteiger partial charge in [-0.3, -0.25) is 14.8 Å². The molecule has 0 N–H and O–H groups in total. The average Bonchev–Trinajstić information content (AvgIpc) is 3.21. The lowest BCUT2D eigenvalue weighted by Gasteiger charge is -2.24. The first kappa shape index (κ1) is 14.4. The van der Waals surface area contributed by atoms with Crippen LogP contribution in [0.15, 0.2) is 16.9 Å². The van der Waals surface area contributed by atoms with Gasteiger partial charge in [0.05, 0.1) is 23.6 Å². The van der Waals surface area contributed by atoms with E-state index in [4.69, 9.17) is 4.52 Å². The van der Waals surface area contributed by atoms with Gasteiger partial charge in [0.2, 0.25) is 0 Å². The van der Waals surface area contributed by atoms with Gasteiger partial charge >= 0.3 is 0 Å². The first-order valence-corrected chi connectivity index (χ1v) is 8.31. The summed E-state index contributed by atoms with van der Waals surface area (Å²) in [4.78, 5) is 23.7. The van der Waals surface area contributed by atoms with E-state index in [1.165, 1.54) is 0 Å². The monoisotopic (exact) mass is 312 g/mol. The molecule has 0 aromatic carbocycles. The lowest BCUT2D eigenvalue weighted by atomic mass is 9.96. The summed E-state index contributed by atoms with van der Waals surface area (Å²) in [6, 6.07) is -0.00848. The lowest BCUT2D eigenvalue weighted by Crippen LogP contribution is -2.32. The number of aryl methyl sites for hydroxylation is 2. The smallest absolute Gasteiger partial charge is 0.276 e. The Kier molecular flexibility index (Phi) is 3.59. The Morgan fingerprint density at radius 1 is 1.26 bits per heavy atom. The average molecular weight is 312 g/mol. The van der Waals surface area contributed by atoms with E-state index in [9.17, 15) is 4.79 Å². The molecule has 4 rings (SSSR count). The van der Waals surface area contributed by atoms with Crippen molar-refractivity contribution in [3.8, 4) is 0 Å². The number of nitrogens with zero attached hydrogens (tertiary/aromatic N) is 4. The predicted molar refractivity (Wildman–Crippen MR) is 82.9 cm³/mol. The summed E-state index contributed by atoms with van der Waals surface area (Å²) in [5, 5.41) is 4.09. The summed E-state index contributed by atoms with van der Waals surface area (Å²) >= 11 is 0. The fourth-order valence-electron chi connectivity index (χ4n) is 3.65. The van der Waals surface area contributed by atoms with Crippen LogP contribution < -0.4 is 0 Å². The second kappa shape index (κ2) is 5.76. The van der Waals surface area contributed by atoms with Gasteiger partial charge in [-0.1, -0.05) is 5.16 Å². The highest BCUT2D eigenvalue weighted by molar-refractivity contribution is 5.94. The zero-order valence-corrected chi connectivity index (χ0v) is 13.3. The number of carbonyl (C=O) groups is 1. The number of hydrogen-bond acceptors (Lipinski definition) is 5. The molecule has 6 heteroatoms. The molecule has 120 valence electrons. The maximum atomic E-state index is 13.0. The van der Waals surface area contributed by atoms with Gasteiger partial charge in [-0.15, -0.1) is 0 Å². The SMILES string of the molecule is Cc1cncc([C@@H]2CCCN2C(=O)c2noc3c2CCCC3)n1. The molecule has 2 aliphatic rings. The van der Waals surface area contributed by atoms with Gasteiger partial charge < -0.3 is 9.42 Å². The van der Waals surface area contributed by atoms with Crippen LogP contribution in [-0.2, 0) is 12.8 Å². The van der Waals surface area contributed by atoms with Gasteiger partial charge in [0, 0.05) is 24.7 Å². The largest absolute Gasteiger partial charge is 0.360 e. The third kappa shape index (κ3) is 2.52. The molecule has 2 aromatic heterocycles. The standard InChI is InChI=1S/C17H20N4O2/c1-11-9-18-10-13(19-11)14-6-4-8-21(14)17(22)16-12-5-2-3-7-15(12)23-20-16/h9-10,14H,2-8H2,1H3/t14-/m0/s1. The van der Waals surface area contributed by atoms with E-state index in [0.717, 1.165) is 67.8 Å². The maximum Gasteiger partial charge on any atom is 0.276 e. The molecule has 1 fully saturated rings. The van der Waals surface area contributed by atoms with Crippen LogP contribution in [0.5, 0.6) is 0 Å². The van der Waals surface area contributed by atoms with Gasteiger partial charge in [-0.2, -0.15) is 0 Å². The fourth-order valence-corrected chi connectivity index (χ4v) is 3.65. The van der Waals surface area contributed by atoms with Crippen molar-refractivity contribution >= 4 is 5.91 Å². The fraction of sp³-hybridized carbons (Fsp3) is 0.529. The first-order valence-electron chi connectivity index (χ1n) is 8.31. The van der Waals surface area contributed by atoms with Crippen molar-refractivity contribution in [2.75, 3.05) is 6.54 Å². The summed E-state index contributed by atoms with van der Waals surface area (Å²) in [6.07, 6.45) is 9.39. The van der Waals surface area contributed by atoms with Crippen LogP contribution in [0, 0.1) is 6.92 Å². The topological polar surface area (TPSA) is 72.1 Å². The van der Waals surface area contributed by atoms with Crippen molar-refractivity contribution in [3.05, 3.63) is 40.8 Å². The van der Waals surface area contributed by atoms with Gasteiger partial charge in [0.15, 0.2) is 5.69 Å². The molecule has 1 aliphatic heterocycles. The molecule has 0 spiro atoms. The highest BCUT2D eigenvalue weighted by atomic mass is 16.5. The number of aromatic nitrogens is 3. The Bertz CT molecular complexity index is 740. The minimum absolute atomic E-state index is 0.00848. The Morgan fingerprint density at radius 3 is 3.00 bits per heavy atom. The highest BCUT2D eigenvalue weighted by Crippen LogP contribution is 2.33. The molecule has 23 heavy (non-hydrogen) atoms. The molecule has 6 nitrogen and oxygen atoms in total. The van der Waals surface area contributed by atoms with Gasteiger partial charge in [-0.05, 0) is 39.0 Å². The van der Waals surface area contributed by atoms with E-state index in [1.54, 1.807) is 12.4 Å². The van der Waals surface area contributed by atoms with Gasteiger partial charge in [0.1, 0.15) is 5.76 Å². The van der Waals surface area contributed by atoms with E-state index in [0.29, 0.717) is 5.69 Å². The normalized spacial score (nSPS) is 20.6. The molecule has 0 bridgehead atoms. The molecular weight excluding hydrogens is 292 g/mol.